The molecule has 1 amide bonds. The normalized spacial score (nSPS) is 10.9. The molecule has 0 aliphatic rings. The number of nitrogens with one attached hydrogen (secondary N) is 1. The number of rotatable bonds is 4. The van der Waals surface area contributed by atoms with E-state index in [1.54, 1.807) is 24.3 Å². The molecule has 3 aromatic rings. The second kappa shape index (κ2) is 7.34. The smallest absolute Gasteiger partial charge is 0.273 e. The molecule has 6 heteroatoms. The van der Waals surface area contributed by atoms with Crippen molar-refractivity contribution in [3.8, 4) is 5.69 Å². The third-order valence-corrected chi connectivity index (χ3v) is 4.09. The van der Waals surface area contributed by atoms with Gasteiger partial charge >= 0.3 is 0 Å². The summed E-state index contributed by atoms with van der Waals surface area (Å²) in [7, 11) is 0. The monoisotopic (exact) mass is 357 g/mol. The van der Waals surface area contributed by atoms with Crippen LogP contribution in [0.4, 0.5) is 0 Å². The first kappa shape index (κ1) is 16.3. The van der Waals surface area contributed by atoms with Gasteiger partial charge in [0, 0.05) is 12.4 Å². The molecule has 0 aliphatic heterocycles. The lowest BCUT2D eigenvalue weighted by molar-refractivity contribution is 0.0955. The van der Waals surface area contributed by atoms with Gasteiger partial charge in [-0.3, -0.25) is 4.79 Å². The Morgan fingerprint density at radius 1 is 1.00 bits per heavy atom. The molecule has 1 heterocycles. The Bertz CT molecular complexity index is 889. The zero-order valence-corrected chi connectivity index (χ0v) is 14.0. The SMILES string of the molecule is O=C(N/N=C\c1ccc(Cl)c(Cl)c1)c1ccccc1-n1cccc1. The second-order valence-corrected chi connectivity index (χ2v) is 5.79. The fraction of sp³-hybridized carbons (Fsp3) is 0. The highest BCUT2D eigenvalue weighted by Crippen LogP contribution is 2.21. The molecule has 0 fully saturated rings. The van der Waals surface area contributed by atoms with Gasteiger partial charge in [0.05, 0.1) is 27.5 Å². The summed E-state index contributed by atoms with van der Waals surface area (Å²) in [5.41, 5.74) is 4.57. The van der Waals surface area contributed by atoms with Crippen molar-refractivity contribution in [2.75, 3.05) is 0 Å². The summed E-state index contributed by atoms with van der Waals surface area (Å²) in [6, 6.07) is 16.2. The van der Waals surface area contributed by atoms with Crippen LogP contribution in [0.25, 0.3) is 5.69 Å². The maximum Gasteiger partial charge on any atom is 0.273 e. The topological polar surface area (TPSA) is 46.4 Å². The number of hydrogen-bond acceptors (Lipinski definition) is 2. The molecule has 0 bridgehead atoms. The van der Waals surface area contributed by atoms with Gasteiger partial charge in [-0.25, -0.2) is 5.43 Å². The number of carbonyl (C=O) groups excluding carboxylic acids is 1. The summed E-state index contributed by atoms with van der Waals surface area (Å²) >= 11 is 11.8. The van der Waals surface area contributed by atoms with E-state index in [0.717, 1.165) is 11.3 Å². The molecular formula is C18H13Cl2N3O. The number of hydrazone groups is 1. The number of para-hydroxylation sites is 1. The average Bonchev–Trinajstić information content (AvgIpc) is 3.12. The summed E-state index contributed by atoms with van der Waals surface area (Å²) in [6.07, 6.45) is 5.27. The van der Waals surface area contributed by atoms with E-state index < -0.39 is 0 Å². The predicted molar refractivity (Wildman–Crippen MR) is 97.3 cm³/mol. The summed E-state index contributed by atoms with van der Waals surface area (Å²) in [6.45, 7) is 0. The number of hydrogen-bond donors (Lipinski definition) is 1. The van der Waals surface area contributed by atoms with E-state index in [4.69, 9.17) is 23.2 Å². The Hall–Kier alpha value is -2.56. The van der Waals surface area contributed by atoms with Gasteiger partial charge in [0.25, 0.3) is 5.91 Å². The van der Waals surface area contributed by atoms with Crippen molar-refractivity contribution >= 4 is 35.3 Å². The Kier molecular flexibility index (Phi) is 4.99. The van der Waals surface area contributed by atoms with E-state index in [-0.39, 0.29) is 5.91 Å². The Morgan fingerprint density at radius 3 is 2.50 bits per heavy atom. The van der Waals surface area contributed by atoms with Gasteiger partial charge in [-0.2, -0.15) is 5.10 Å². The average molecular weight is 358 g/mol. The van der Waals surface area contributed by atoms with Crippen molar-refractivity contribution in [1.82, 2.24) is 9.99 Å². The van der Waals surface area contributed by atoms with Gasteiger partial charge in [-0.05, 0) is 42.0 Å². The van der Waals surface area contributed by atoms with Gasteiger partial charge in [-0.1, -0.05) is 41.4 Å². The number of nitrogens with zero attached hydrogens (tertiary/aromatic N) is 2. The molecule has 1 aromatic heterocycles. The minimum Gasteiger partial charge on any atom is -0.323 e. The lowest BCUT2D eigenvalue weighted by atomic mass is 10.1. The summed E-state index contributed by atoms with van der Waals surface area (Å²) in [5, 5.41) is 4.88. The van der Waals surface area contributed by atoms with Crippen LogP contribution in [0.3, 0.4) is 0 Å². The largest absolute Gasteiger partial charge is 0.323 e. The van der Waals surface area contributed by atoms with Crippen LogP contribution in [0.2, 0.25) is 10.0 Å². The van der Waals surface area contributed by atoms with Crippen LogP contribution in [0.5, 0.6) is 0 Å². The standard InChI is InChI=1S/C18H13Cl2N3O/c19-15-8-7-13(11-16(15)20)12-21-22-18(24)14-5-1-2-6-17(14)23-9-3-4-10-23/h1-12H,(H,22,24)/b21-12-. The number of carbonyl (C=O) groups is 1. The first-order valence-corrected chi connectivity index (χ1v) is 7.91. The zero-order valence-electron chi connectivity index (χ0n) is 12.5. The molecule has 0 aliphatic carbocycles. The highest BCUT2D eigenvalue weighted by Gasteiger charge is 2.10. The molecule has 0 saturated heterocycles. The maximum atomic E-state index is 12.4. The third-order valence-electron chi connectivity index (χ3n) is 3.35. The quantitative estimate of drug-likeness (QED) is 0.540. The molecule has 1 N–H and O–H groups in total. The minimum absolute atomic E-state index is 0.296. The third kappa shape index (κ3) is 3.67. The van der Waals surface area contributed by atoms with E-state index in [9.17, 15) is 4.79 Å². The first-order chi connectivity index (χ1) is 11.6. The van der Waals surface area contributed by atoms with Crippen LogP contribution in [-0.2, 0) is 0 Å². The fourth-order valence-corrected chi connectivity index (χ4v) is 2.51. The summed E-state index contributed by atoms with van der Waals surface area (Å²) in [4.78, 5) is 12.4. The highest BCUT2D eigenvalue weighted by atomic mass is 35.5. The highest BCUT2D eigenvalue weighted by molar-refractivity contribution is 6.42. The Morgan fingerprint density at radius 2 is 1.75 bits per heavy atom. The summed E-state index contributed by atoms with van der Waals surface area (Å²) in [5.74, 6) is -0.296. The first-order valence-electron chi connectivity index (χ1n) is 7.16. The number of amides is 1. The minimum atomic E-state index is -0.296. The number of benzene rings is 2. The molecule has 0 atom stereocenters. The lowest BCUT2D eigenvalue weighted by Crippen LogP contribution is -2.19. The Balaban J connectivity index is 1.76. The maximum absolute atomic E-state index is 12.4. The van der Waals surface area contributed by atoms with Crippen LogP contribution in [0, 0.1) is 0 Å². The van der Waals surface area contributed by atoms with Crippen LogP contribution in [0.15, 0.2) is 72.1 Å². The van der Waals surface area contributed by atoms with E-state index in [1.807, 2.05) is 47.3 Å². The molecule has 0 saturated carbocycles. The molecule has 0 radical (unpaired) electrons. The lowest BCUT2D eigenvalue weighted by Gasteiger charge is -2.09. The van der Waals surface area contributed by atoms with Crippen LogP contribution < -0.4 is 5.43 Å². The predicted octanol–water partition coefficient (Wildman–Crippen LogP) is 4.55. The zero-order chi connectivity index (χ0) is 16.9. The molecule has 0 spiro atoms. The van der Waals surface area contributed by atoms with Crippen molar-refractivity contribution in [3.63, 3.8) is 0 Å². The fourth-order valence-electron chi connectivity index (χ4n) is 2.20. The van der Waals surface area contributed by atoms with Crippen LogP contribution in [-0.4, -0.2) is 16.7 Å². The number of aromatic nitrogens is 1. The van der Waals surface area contributed by atoms with Crippen molar-refractivity contribution in [3.05, 3.63) is 88.2 Å². The second-order valence-electron chi connectivity index (χ2n) is 4.98. The molecular weight excluding hydrogens is 345 g/mol. The van der Waals surface area contributed by atoms with Crippen LogP contribution in [0.1, 0.15) is 15.9 Å². The van der Waals surface area contributed by atoms with Gasteiger partial charge in [0.15, 0.2) is 0 Å². The Labute approximate surface area is 149 Å². The van der Waals surface area contributed by atoms with E-state index >= 15 is 0 Å². The van der Waals surface area contributed by atoms with Gasteiger partial charge in [-0.15, -0.1) is 0 Å². The molecule has 2 aromatic carbocycles. The molecule has 4 nitrogen and oxygen atoms in total. The molecule has 3 rings (SSSR count). The van der Waals surface area contributed by atoms with Crippen molar-refractivity contribution in [1.29, 1.82) is 0 Å². The molecule has 120 valence electrons. The molecule has 24 heavy (non-hydrogen) atoms. The molecule has 0 unspecified atom stereocenters. The van der Waals surface area contributed by atoms with Gasteiger partial charge < -0.3 is 4.57 Å². The van der Waals surface area contributed by atoms with Crippen LogP contribution >= 0.6 is 23.2 Å². The van der Waals surface area contributed by atoms with E-state index in [2.05, 4.69) is 10.5 Å². The van der Waals surface area contributed by atoms with E-state index in [0.29, 0.717) is 15.6 Å². The number of halogens is 2. The summed E-state index contributed by atoms with van der Waals surface area (Å²) < 4.78 is 1.87. The van der Waals surface area contributed by atoms with Gasteiger partial charge in [0.1, 0.15) is 0 Å². The van der Waals surface area contributed by atoms with E-state index in [1.165, 1.54) is 6.21 Å². The van der Waals surface area contributed by atoms with Crippen molar-refractivity contribution in [2.45, 2.75) is 0 Å². The van der Waals surface area contributed by atoms with Crippen molar-refractivity contribution < 1.29 is 4.79 Å². The van der Waals surface area contributed by atoms with Gasteiger partial charge in [0.2, 0.25) is 0 Å². The van der Waals surface area contributed by atoms with Crippen molar-refractivity contribution in [2.24, 2.45) is 5.10 Å².